The zero-order valence-corrected chi connectivity index (χ0v) is 10.7. The third kappa shape index (κ3) is 3.77. The van der Waals surface area contributed by atoms with Gasteiger partial charge in [-0.2, -0.15) is 0 Å². The topological polar surface area (TPSA) is 41.0 Å². The number of aromatic nitrogens is 2. The standard InChI is InChI=1S/C12H22N4/c1-5-7-16(8-6-13-4)12-14-10(2)9-11(3)15-12/h9,13H,5-8H2,1-4H3. The molecule has 0 aliphatic heterocycles. The molecule has 0 unspecified atom stereocenters. The second kappa shape index (κ2) is 6.43. The number of nitrogens with zero attached hydrogens (tertiary/aromatic N) is 3. The highest BCUT2D eigenvalue weighted by atomic mass is 15.3. The molecule has 0 atom stereocenters. The summed E-state index contributed by atoms with van der Waals surface area (Å²) in [5, 5.41) is 3.16. The minimum atomic E-state index is 0.856. The Morgan fingerprint density at radius 2 is 1.81 bits per heavy atom. The van der Waals surface area contributed by atoms with Gasteiger partial charge in [-0.25, -0.2) is 9.97 Å². The van der Waals surface area contributed by atoms with Crippen LogP contribution in [0, 0.1) is 13.8 Å². The van der Waals surface area contributed by atoms with Crippen LogP contribution >= 0.6 is 0 Å². The summed E-state index contributed by atoms with van der Waals surface area (Å²) in [6.45, 7) is 9.12. The highest BCUT2D eigenvalue weighted by Gasteiger charge is 2.08. The molecule has 0 aliphatic rings. The van der Waals surface area contributed by atoms with Crippen molar-refractivity contribution in [1.29, 1.82) is 0 Å². The molecular weight excluding hydrogens is 200 g/mol. The number of rotatable bonds is 6. The Kier molecular flexibility index (Phi) is 5.19. The molecule has 4 heteroatoms. The van der Waals surface area contributed by atoms with Crippen molar-refractivity contribution in [3.63, 3.8) is 0 Å². The molecule has 0 fully saturated rings. The van der Waals surface area contributed by atoms with Crippen molar-refractivity contribution in [1.82, 2.24) is 15.3 Å². The maximum atomic E-state index is 4.49. The van der Waals surface area contributed by atoms with Crippen LogP contribution in [0.1, 0.15) is 24.7 Å². The minimum Gasteiger partial charge on any atom is -0.340 e. The van der Waals surface area contributed by atoms with E-state index in [1.165, 1.54) is 0 Å². The highest BCUT2D eigenvalue weighted by Crippen LogP contribution is 2.09. The number of aryl methyl sites for hydroxylation is 2. The molecule has 0 saturated heterocycles. The second-order valence-corrected chi connectivity index (χ2v) is 4.04. The maximum absolute atomic E-state index is 4.49. The van der Waals surface area contributed by atoms with Gasteiger partial charge in [0.05, 0.1) is 0 Å². The lowest BCUT2D eigenvalue weighted by atomic mass is 10.3. The van der Waals surface area contributed by atoms with Gasteiger partial charge in [0.1, 0.15) is 0 Å². The van der Waals surface area contributed by atoms with E-state index in [1.54, 1.807) is 0 Å². The van der Waals surface area contributed by atoms with E-state index >= 15 is 0 Å². The number of hydrogen-bond donors (Lipinski definition) is 1. The molecule has 90 valence electrons. The Balaban J connectivity index is 2.82. The van der Waals surface area contributed by atoms with Gasteiger partial charge in [0.15, 0.2) is 0 Å². The average molecular weight is 222 g/mol. The summed E-state index contributed by atoms with van der Waals surface area (Å²) in [6, 6.07) is 2.01. The largest absolute Gasteiger partial charge is 0.340 e. The van der Waals surface area contributed by atoms with Gasteiger partial charge in [-0.1, -0.05) is 6.92 Å². The molecule has 1 aromatic heterocycles. The molecule has 4 nitrogen and oxygen atoms in total. The Bertz CT molecular complexity index is 305. The maximum Gasteiger partial charge on any atom is 0.225 e. The van der Waals surface area contributed by atoms with Crippen LogP contribution in [0.4, 0.5) is 5.95 Å². The van der Waals surface area contributed by atoms with E-state index in [0.717, 1.165) is 43.4 Å². The normalized spacial score (nSPS) is 10.5. The summed E-state index contributed by atoms with van der Waals surface area (Å²) < 4.78 is 0. The van der Waals surface area contributed by atoms with Crippen molar-refractivity contribution >= 4 is 5.95 Å². The van der Waals surface area contributed by atoms with Crippen molar-refractivity contribution in [2.45, 2.75) is 27.2 Å². The van der Waals surface area contributed by atoms with Crippen molar-refractivity contribution in [2.24, 2.45) is 0 Å². The zero-order valence-electron chi connectivity index (χ0n) is 10.7. The molecule has 0 aromatic carbocycles. The summed E-state index contributed by atoms with van der Waals surface area (Å²) in [5.74, 6) is 0.856. The summed E-state index contributed by atoms with van der Waals surface area (Å²) in [4.78, 5) is 11.2. The molecule has 1 aromatic rings. The highest BCUT2D eigenvalue weighted by molar-refractivity contribution is 5.32. The number of nitrogens with one attached hydrogen (secondary N) is 1. The van der Waals surface area contributed by atoms with Crippen LogP contribution in [0.2, 0.25) is 0 Å². The summed E-state index contributed by atoms with van der Waals surface area (Å²) >= 11 is 0. The first kappa shape index (κ1) is 12.9. The lowest BCUT2D eigenvalue weighted by molar-refractivity contribution is 0.690. The van der Waals surface area contributed by atoms with Gasteiger partial charge in [-0.3, -0.25) is 0 Å². The molecule has 1 heterocycles. The first-order chi connectivity index (χ1) is 7.67. The zero-order chi connectivity index (χ0) is 12.0. The first-order valence-electron chi connectivity index (χ1n) is 5.89. The van der Waals surface area contributed by atoms with E-state index in [0.29, 0.717) is 0 Å². The van der Waals surface area contributed by atoms with Gasteiger partial charge in [0.2, 0.25) is 5.95 Å². The molecular formula is C12H22N4. The van der Waals surface area contributed by atoms with E-state index in [2.05, 4.69) is 27.1 Å². The lowest BCUT2D eigenvalue weighted by Gasteiger charge is -2.22. The van der Waals surface area contributed by atoms with Crippen LogP contribution < -0.4 is 10.2 Å². The fourth-order valence-corrected chi connectivity index (χ4v) is 1.68. The van der Waals surface area contributed by atoms with Gasteiger partial charge in [0.25, 0.3) is 0 Å². The Morgan fingerprint density at radius 3 is 2.31 bits per heavy atom. The lowest BCUT2D eigenvalue weighted by Crippen LogP contribution is -2.33. The fourth-order valence-electron chi connectivity index (χ4n) is 1.68. The molecule has 0 spiro atoms. The number of hydrogen-bond acceptors (Lipinski definition) is 4. The van der Waals surface area contributed by atoms with Gasteiger partial charge in [-0.15, -0.1) is 0 Å². The molecule has 0 amide bonds. The predicted octanol–water partition coefficient (Wildman–Crippen LogP) is 1.53. The van der Waals surface area contributed by atoms with Crippen LogP contribution in [-0.2, 0) is 0 Å². The summed E-state index contributed by atoms with van der Waals surface area (Å²) in [5.41, 5.74) is 2.07. The summed E-state index contributed by atoms with van der Waals surface area (Å²) in [6.07, 6.45) is 1.11. The predicted molar refractivity (Wildman–Crippen MR) is 67.9 cm³/mol. The third-order valence-corrected chi connectivity index (χ3v) is 2.38. The van der Waals surface area contributed by atoms with Crippen LogP contribution in [0.5, 0.6) is 0 Å². The summed E-state index contributed by atoms with van der Waals surface area (Å²) in [7, 11) is 1.96. The second-order valence-electron chi connectivity index (χ2n) is 4.04. The van der Waals surface area contributed by atoms with E-state index < -0.39 is 0 Å². The van der Waals surface area contributed by atoms with Crippen LogP contribution in [-0.4, -0.2) is 36.6 Å². The van der Waals surface area contributed by atoms with E-state index in [1.807, 2.05) is 27.0 Å². The Morgan fingerprint density at radius 1 is 1.19 bits per heavy atom. The van der Waals surface area contributed by atoms with Crippen molar-refractivity contribution < 1.29 is 0 Å². The van der Waals surface area contributed by atoms with Crippen molar-refractivity contribution in [3.05, 3.63) is 17.5 Å². The Hall–Kier alpha value is -1.16. The quantitative estimate of drug-likeness (QED) is 0.792. The molecule has 0 saturated carbocycles. The van der Waals surface area contributed by atoms with Gasteiger partial charge in [0, 0.05) is 31.0 Å². The molecule has 0 radical (unpaired) electrons. The molecule has 16 heavy (non-hydrogen) atoms. The third-order valence-electron chi connectivity index (χ3n) is 2.38. The monoisotopic (exact) mass is 222 g/mol. The van der Waals surface area contributed by atoms with Gasteiger partial charge >= 0.3 is 0 Å². The fraction of sp³-hybridized carbons (Fsp3) is 0.667. The van der Waals surface area contributed by atoms with Crippen molar-refractivity contribution in [2.75, 3.05) is 31.6 Å². The van der Waals surface area contributed by atoms with E-state index in [-0.39, 0.29) is 0 Å². The van der Waals surface area contributed by atoms with E-state index in [9.17, 15) is 0 Å². The van der Waals surface area contributed by atoms with E-state index in [4.69, 9.17) is 0 Å². The van der Waals surface area contributed by atoms with Crippen LogP contribution in [0.25, 0.3) is 0 Å². The van der Waals surface area contributed by atoms with Crippen molar-refractivity contribution in [3.8, 4) is 0 Å². The Labute approximate surface area is 98.1 Å². The number of anilines is 1. The molecule has 0 bridgehead atoms. The smallest absolute Gasteiger partial charge is 0.225 e. The van der Waals surface area contributed by atoms with Crippen LogP contribution in [0.3, 0.4) is 0 Å². The average Bonchev–Trinajstić information content (AvgIpc) is 2.22. The van der Waals surface area contributed by atoms with Gasteiger partial charge < -0.3 is 10.2 Å². The minimum absolute atomic E-state index is 0.856. The van der Waals surface area contributed by atoms with Crippen LogP contribution in [0.15, 0.2) is 6.07 Å². The molecule has 1 rings (SSSR count). The number of likely N-dealkylation sites (N-methyl/N-ethyl adjacent to an activating group) is 1. The first-order valence-corrected chi connectivity index (χ1v) is 5.89. The SMILES string of the molecule is CCCN(CCNC)c1nc(C)cc(C)n1. The van der Waals surface area contributed by atoms with Gasteiger partial charge in [-0.05, 0) is 33.4 Å². The molecule has 1 N–H and O–H groups in total. The molecule has 0 aliphatic carbocycles.